The molecule has 2 amide bonds. The lowest BCUT2D eigenvalue weighted by molar-refractivity contribution is -0.145. The fraction of sp³-hybridized carbons (Fsp3) is 0.447. The third-order valence-corrected chi connectivity index (χ3v) is 24.4. The molecule has 598 valence electrons. The van der Waals surface area contributed by atoms with Gasteiger partial charge in [0.1, 0.15) is 46.6 Å². The highest BCUT2D eigenvalue weighted by molar-refractivity contribution is 8.76. The summed E-state index contributed by atoms with van der Waals surface area (Å²) in [6, 6.07) is 37.8. The average Bonchev–Trinajstić information content (AvgIpc) is 0.783. The number of phenols is 6. The van der Waals surface area contributed by atoms with E-state index in [0.29, 0.717) is 66.8 Å². The third-order valence-electron chi connectivity index (χ3n) is 22.0. The van der Waals surface area contributed by atoms with E-state index >= 15 is 9.59 Å². The third kappa shape index (κ3) is 20.5. The maximum Gasteiger partial charge on any atom is 0.329 e. The Hall–Kier alpha value is -8.94. The second kappa shape index (κ2) is 34.0. The van der Waals surface area contributed by atoms with E-state index in [0.717, 1.165) is 44.5 Å². The fourth-order valence-electron chi connectivity index (χ4n) is 14.8. The number of rotatable bonds is 6. The Morgan fingerprint density at radius 1 is 0.348 bits per heavy atom. The number of benzene rings is 8. The Labute approximate surface area is 672 Å². The minimum atomic E-state index is -1.28. The summed E-state index contributed by atoms with van der Waals surface area (Å²) in [5, 5.41) is 86.1. The zero-order valence-electron chi connectivity index (χ0n) is 69.3. The predicted molar refractivity (Wildman–Crippen MR) is 451 cm³/mol. The van der Waals surface area contributed by atoms with E-state index in [9.17, 15) is 40.2 Å². The van der Waals surface area contributed by atoms with Crippen LogP contribution in [-0.2, 0) is 126 Å². The van der Waals surface area contributed by atoms with Crippen molar-refractivity contribution in [3.63, 3.8) is 0 Å². The molecule has 10 rings (SSSR count). The molecule has 0 fully saturated rings. The van der Waals surface area contributed by atoms with Gasteiger partial charge >= 0.3 is 11.9 Å². The Balaban J connectivity index is 1.36. The number of fused-ring (bicyclic) bond motifs is 25. The molecule has 2 aliphatic heterocycles. The first-order valence-corrected chi connectivity index (χ1v) is 41.5. The molecule has 0 radical (unpaired) electrons. The van der Waals surface area contributed by atoms with E-state index in [1.807, 2.05) is 143 Å². The Morgan fingerprint density at radius 2 is 0.545 bits per heavy atom. The van der Waals surface area contributed by atoms with Gasteiger partial charge in [-0.05, 0) is 134 Å². The van der Waals surface area contributed by atoms with Gasteiger partial charge in [0.25, 0.3) is 0 Å². The summed E-state index contributed by atoms with van der Waals surface area (Å²) in [5.41, 5.74) is 9.45. The maximum absolute atomic E-state index is 16.2. The molecule has 0 unspecified atom stereocenters. The van der Waals surface area contributed by atoms with Crippen molar-refractivity contribution in [3.8, 4) is 34.5 Å². The number of phenolic OH excluding ortho intramolecular Hbond substituents is 6. The number of hydrogen-bond donors (Lipinski definition) is 8. The number of aromatic hydroxyl groups is 6. The zero-order valence-corrected chi connectivity index (χ0v) is 71.0. The molecule has 18 heteroatoms. The van der Waals surface area contributed by atoms with Gasteiger partial charge in [0.15, 0.2) is 0 Å². The van der Waals surface area contributed by atoms with Crippen LogP contribution in [0.15, 0.2) is 133 Å². The lowest BCUT2D eigenvalue weighted by atomic mass is 9.80. The number of amides is 2. The maximum atomic E-state index is 16.2. The lowest BCUT2D eigenvalue weighted by Gasteiger charge is -2.34. The average molecular weight is 1560 g/mol. The van der Waals surface area contributed by atoms with Crippen molar-refractivity contribution in [2.24, 2.45) is 0 Å². The number of nitrogens with one attached hydrogen (secondary N) is 2. The predicted octanol–water partition coefficient (Wildman–Crippen LogP) is 17.3. The number of esters is 2. The van der Waals surface area contributed by atoms with E-state index in [-0.39, 0.29) is 111 Å². The van der Waals surface area contributed by atoms with Gasteiger partial charge in [-0.2, -0.15) is 0 Å². The standard InChI is InChI=1S/C94H118N4O12S2/c1-89(2,3)69-37-57-33-61-41-71(91(7,8)9)45-65(81(61)101)49-97-51-67-47-73(93(13,14)15)43-63(83(67)103)35-59-39-70(90(4,5)6)40-60(80(59)100)36-64-44-74(94(16,17)18)48-68(84(64)104)52-98(50-66-46-72(92(10,11)12)42-62(82(66)102)34-58(38-69)79(57)99)78(32-56-29-25-22-26-30-56)86(106)96-76(88(108)110-20)54-112-111-53-75(87(107)109-19)95-85(105)77(97)31-55-27-23-21-24-28-55/h21-30,37-48,75-78,99-104H,31-36,49-54H2,1-20H3,(H,95,105)(H,96,106)/t75-,76-,77-,78+/m1/s1. The molecule has 14 bridgehead atoms. The summed E-state index contributed by atoms with van der Waals surface area (Å²) >= 11 is 0. The van der Waals surface area contributed by atoms with Crippen LogP contribution in [0.1, 0.15) is 236 Å². The van der Waals surface area contributed by atoms with Crippen LogP contribution < -0.4 is 10.6 Å². The van der Waals surface area contributed by atoms with Crippen LogP contribution in [0.5, 0.6) is 34.5 Å². The molecule has 0 saturated carbocycles. The number of carbonyl (C=O) groups excluding carboxylic acids is 4. The molecule has 0 aliphatic carbocycles. The van der Waals surface area contributed by atoms with Gasteiger partial charge in [-0.1, -0.05) is 280 Å². The fourth-order valence-corrected chi connectivity index (χ4v) is 17.1. The summed E-state index contributed by atoms with van der Waals surface area (Å²) in [6.45, 7) is 37.2. The van der Waals surface area contributed by atoms with Crippen molar-refractivity contribution >= 4 is 45.3 Å². The van der Waals surface area contributed by atoms with E-state index in [1.54, 1.807) is 0 Å². The van der Waals surface area contributed by atoms with E-state index in [2.05, 4.69) is 135 Å². The molecular formula is C94H118N4O12S2. The monoisotopic (exact) mass is 1560 g/mol. The number of ether oxygens (including phenoxy) is 2. The van der Waals surface area contributed by atoms with Gasteiger partial charge in [-0.15, -0.1) is 0 Å². The second-order valence-electron chi connectivity index (χ2n) is 37.0. The summed E-state index contributed by atoms with van der Waals surface area (Å²) in [5.74, 6) is -3.17. The number of methoxy groups -OCH3 is 2. The van der Waals surface area contributed by atoms with Gasteiger partial charge in [0.2, 0.25) is 11.8 Å². The van der Waals surface area contributed by atoms with Gasteiger partial charge in [0, 0.05) is 85.6 Å². The SMILES string of the molecule is COC(=O)[C@H]1CSSC[C@H](C(=O)OC)NC(=O)[C@H](Cc2ccccc2)N2Cc3cc(C(C)(C)C)cc(c3O)Cc3cc(C(C)(C)C)cc(c3O)Cc3cc(C(C)(C)C)cc(c3O)CN(Cc3cc(C(C)(C)C)cc(c3O)Cc3cc(C(C)(C)C)cc(c3O)Cc3cc(C(C)(C)C)cc(c3O)C2)[C@H](Cc2ccccc2)C(=O)N1. The quantitative estimate of drug-likeness (QED) is 0.0570. The first kappa shape index (κ1) is 85.5. The Kier molecular flexibility index (Phi) is 26.0. The van der Waals surface area contributed by atoms with Crippen LogP contribution in [0.2, 0.25) is 0 Å². The van der Waals surface area contributed by atoms with Gasteiger partial charge in [-0.3, -0.25) is 19.4 Å². The van der Waals surface area contributed by atoms with Gasteiger partial charge < -0.3 is 50.7 Å². The first-order valence-electron chi connectivity index (χ1n) is 39.0. The molecule has 112 heavy (non-hydrogen) atoms. The molecule has 4 atom stereocenters. The van der Waals surface area contributed by atoms with Crippen molar-refractivity contribution in [2.75, 3.05) is 25.7 Å². The smallest absolute Gasteiger partial charge is 0.329 e. The number of hydrogen-bond acceptors (Lipinski definition) is 16. The lowest BCUT2D eigenvalue weighted by Crippen LogP contribution is -2.53. The molecule has 2 heterocycles. The van der Waals surface area contributed by atoms with E-state index < -0.39 is 80.4 Å². The summed E-state index contributed by atoms with van der Waals surface area (Å²) in [6.07, 6.45) is 0.309. The van der Waals surface area contributed by atoms with Crippen LogP contribution in [0.3, 0.4) is 0 Å². The van der Waals surface area contributed by atoms with Gasteiger partial charge in [0.05, 0.1) is 26.3 Å². The van der Waals surface area contributed by atoms with Crippen molar-refractivity contribution in [2.45, 2.75) is 246 Å². The van der Waals surface area contributed by atoms with Crippen LogP contribution in [0, 0.1) is 0 Å². The van der Waals surface area contributed by atoms with Crippen LogP contribution in [-0.4, -0.2) is 114 Å². The zero-order chi connectivity index (χ0) is 82.1. The van der Waals surface area contributed by atoms with Gasteiger partial charge in [-0.25, -0.2) is 9.59 Å². The Morgan fingerprint density at radius 3 is 0.741 bits per heavy atom. The Bertz CT molecular complexity index is 4290. The van der Waals surface area contributed by atoms with Crippen LogP contribution >= 0.6 is 21.6 Å². The second-order valence-corrected chi connectivity index (χ2v) is 39.6. The number of carbonyl (C=O) groups is 4. The topological polar surface area (TPSA) is 239 Å². The van der Waals surface area contributed by atoms with Crippen molar-refractivity contribution in [1.29, 1.82) is 0 Å². The number of nitrogens with zero attached hydrogens (tertiary/aromatic N) is 2. The largest absolute Gasteiger partial charge is 0.507 e. The molecular weight excluding hydrogens is 1440 g/mol. The highest BCUT2D eigenvalue weighted by Crippen LogP contribution is 2.45. The minimum absolute atomic E-state index is 0.0362. The normalized spacial score (nSPS) is 19.0. The first-order chi connectivity index (χ1) is 52.3. The van der Waals surface area contributed by atoms with Crippen molar-refractivity contribution < 1.29 is 59.3 Å². The molecule has 2 aliphatic rings. The van der Waals surface area contributed by atoms with E-state index in [1.165, 1.54) is 35.8 Å². The molecule has 8 N–H and O–H groups in total. The molecule has 0 spiro atoms. The summed E-state index contributed by atoms with van der Waals surface area (Å²) < 4.78 is 10.9. The van der Waals surface area contributed by atoms with E-state index in [4.69, 9.17) is 9.47 Å². The van der Waals surface area contributed by atoms with Crippen molar-refractivity contribution in [1.82, 2.24) is 20.4 Å². The minimum Gasteiger partial charge on any atom is -0.507 e. The summed E-state index contributed by atoms with van der Waals surface area (Å²) in [4.78, 5) is 65.0. The molecule has 16 nitrogen and oxygen atoms in total. The molecule has 0 saturated heterocycles. The van der Waals surface area contributed by atoms with Crippen LogP contribution in [0.25, 0.3) is 0 Å². The molecule has 8 aromatic rings. The molecule has 8 aromatic carbocycles. The van der Waals surface area contributed by atoms with Crippen molar-refractivity contribution in [3.05, 3.63) is 245 Å². The highest BCUT2D eigenvalue weighted by atomic mass is 33.1. The summed E-state index contributed by atoms with van der Waals surface area (Å²) in [7, 11) is 4.86. The molecule has 0 aromatic heterocycles. The highest BCUT2D eigenvalue weighted by Gasteiger charge is 2.38. The van der Waals surface area contributed by atoms with Crippen LogP contribution in [0.4, 0.5) is 0 Å².